The van der Waals surface area contributed by atoms with Gasteiger partial charge in [-0.25, -0.2) is 13.2 Å². The van der Waals surface area contributed by atoms with Crippen molar-refractivity contribution in [2.75, 3.05) is 26.2 Å². The molecule has 1 aromatic heterocycles. The SMILES string of the molecule is Cc1ccc(S(=O)(=O)N2CCN(C(=O)CCn3ccc(C(=O)O)n3)CC2)cc1. The number of aromatic carboxylic acids is 1. The van der Waals surface area contributed by atoms with E-state index in [0.29, 0.717) is 13.1 Å². The second kappa shape index (κ2) is 8.11. The molecule has 10 heteroatoms. The summed E-state index contributed by atoms with van der Waals surface area (Å²) in [6.45, 7) is 3.30. The Bertz CT molecular complexity index is 960. The van der Waals surface area contributed by atoms with Crippen molar-refractivity contribution in [1.29, 1.82) is 0 Å². The standard InChI is InChI=1S/C18H22N4O5S/c1-14-2-4-15(5-3-14)28(26,27)22-12-10-20(11-13-22)17(23)7-9-21-8-6-16(19-21)18(24)25/h2-6,8H,7,9-13H2,1H3,(H,24,25). The highest BCUT2D eigenvalue weighted by molar-refractivity contribution is 7.89. The normalized spacial score (nSPS) is 15.5. The summed E-state index contributed by atoms with van der Waals surface area (Å²) in [7, 11) is -3.56. The molecule has 1 N–H and O–H groups in total. The summed E-state index contributed by atoms with van der Waals surface area (Å²) in [5, 5.41) is 12.7. The molecule has 150 valence electrons. The third-order valence-electron chi connectivity index (χ3n) is 4.66. The Morgan fingerprint density at radius 3 is 2.29 bits per heavy atom. The number of nitrogens with zero attached hydrogens (tertiary/aromatic N) is 4. The fourth-order valence-corrected chi connectivity index (χ4v) is 4.43. The van der Waals surface area contributed by atoms with Gasteiger partial charge in [0.05, 0.1) is 4.90 Å². The van der Waals surface area contributed by atoms with Crippen molar-refractivity contribution < 1.29 is 23.1 Å². The van der Waals surface area contributed by atoms with Crippen molar-refractivity contribution in [3.8, 4) is 0 Å². The maximum absolute atomic E-state index is 12.7. The van der Waals surface area contributed by atoms with Crippen LogP contribution in [0.3, 0.4) is 0 Å². The van der Waals surface area contributed by atoms with Gasteiger partial charge in [0.15, 0.2) is 5.69 Å². The highest BCUT2D eigenvalue weighted by atomic mass is 32.2. The van der Waals surface area contributed by atoms with E-state index < -0.39 is 16.0 Å². The highest BCUT2D eigenvalue weighted by Crippen LogP contribution is 2.18. The summed E-state index contributed by atoms with van der Waals surface area (Å²) < 4.78 is 28.2. The molecule has 2 heterocycles. The van der Waals surface area contributed by atoms with E-state index in [9.17, 15) is 18.0 Å². The number of carboxylic acid groups (broad SMARTS) is 1. The molecule has 0 spiro atoms. The van der Waals surface area contributed by atoms with Crippen LogP contribution in [-0.2, 0) is 21.4 Å². The molecule has 1 aromatic carbocycles. The molecule has 0 saturated carbocycles. The Morgan fingerprint density at radius 1 is 1.07 bits per heavy atom. The van der Waals surface area contributed by atoms with Gasteiger partial charge in [-0.2, -0.15) is 9.40 Å². The number of hydrogen-bond acceptors (Lipinski definition) is 5. The molecule has 0 atom stereocenters. The fourth-order valence-electron chi connectivity index (χ4n) is 3.01. The first-order valence-corrected chi connectivity index (χ1v) is 10.3. The quantitative estimate of drug-likeness (QED) is 0.760. The van der Waals surface area contributed by atoms with E-state index in [1.807, 2.05) is 6.92 Å². The zero-order valence-electron chi connectivity index (χ0n) is 15.5. The minimum atomic E-state index is -3.56. The van der Waals surface area contributed by atoms with Gasteiger partial charge in [-0.15, -0.1) is 0 Å². The van der Waals surface area contributed by atoms with E-state index in [-0.39, 0.29) is 42.6 Å². The number of benzene rings is 1. The third-order valence-corrected chi connectivity index (χ3v) is 6.58. The van der Waals surface area contributed by atoms with Gasteiger partial charge in [0, 0.05) is 45.3 Å². The van der Waals surface area contributed by atoms with Crippen LogP contribution in [0.5, 0.6) is 0 Å². The zero-order chi connectivity index (χ0) is 20.3. The number of aryl methyl sites for hydroxylation is 2. The second-order valence-electron chi connectivity index (χ2n) is 6.62. The minimum Gasteiger partial charge on any atom is -0.476 e. The van der Waals surface area contributed by atoms with Gasteiger partial charge in [0.25, 0.3) is 0 Å². The first-order valence-electron chi connectivity index (χ1n) is 8.89. The molecule has 28 heavy (non-hydrogen) atoms. The van der Waals surface area contributed by atoms with Crippen LogP contribution in [0.15, 0.2) is 41.4 Å². The molecule has 2 aromatic rings. The number of rotatable bonds is 6. The summed E-state index contributed by atoms with van der Waals surface area (Å²) in [6, 6.07) is 8.09. The Balaban J connectivity index is 1.53. The Morgan fingerprint density at radius 2 is 1.71 bits per heavy atom. The molecule has 1 aliphatic heterocycles. The maximum Gasteiger partial charge on any atom is 0.356 e. The number of carbonyl (C=O) groups excluding carboxylic acids is 1. The van der Waals surface area contributed by atoms with Crippen molar-refractivity contribution in [1.82, 2.24) is 19.0 Å². The molecule has 1 aliphatic rings. The van der Waals surface area contributed by atoms with E-state index in [4.69, 9.17) is 5.11 Å². The Kier molecular flexibility index (Phi) is 5.80. The topological polar surface area (TPSA) is 113 Å². The minimum absolute atomic E-state index is 0.0672. The Labute approximate surface area is 163 Å². The van der Waals surface area contributed by atoms with Crippen LogP contribution in [0, 0.1) is 6.92 Å². The van der Waals surface area contributed by atoms with Crippen LogP contribution < -0.4 is 0 Å². The number of amides is 1. The lowest BCUT2D eigenvalue weighted by Gasteiger charge is -2.34. The van der Waals surface area contributed by atoms with Crippen molar-refractivity contribution in [3.05, 3.63) is 47.8 Å². The molecule has 3 rings (SSSR count). The first kappa shape index (κ1) is 20.0. The molecule has 1 fully saturated rings. The number of piperazine rings is 1. The van der Waals surface area contributed by atoms with Gasteiger partial charge < -0.3 is 10.0 Å². The Hall–Kier alpha value is -2.72. The van der Waals surface area contributed by atoms with Crippen LogP contribution >= 0.6 is 0 Å². The van der Waals surface area contributed by atoms with Gasteiger partial charge >= 0.3 is 5.97 Å². The lowest BCUT2D eigenvalue weighted by Crippen LogP contribution is -2.50. The maximum atomic E-state index is 12.7. The van der Waals surface area contributed by atoms with Crippen LogP contribution in [0.25, 0.3) is 0 Å². The van der Waals surface area contributed by atoms with Crippen molar-refractivity contribution in [2.24, 2.45) is 0 Å². The molecule has 9 nitrogen and oxygen atoms in total. The summed E-state index contributed by atoms with van der Waals surface area (Å²) in [5.41, 5.74) is 0.921. The predicted molar refractivity (Wildman–Crippen MR) is 100 cm³/mol. The zero-order valence-corrected chi connectivity index (χ0v) is 16.3. The van der Waals surface area contributed by atoms with E-state index in [1.54, 1.807) is 29.2 Å². The number of carboxylic acids is 1. The molecule has 1 amide bonds. The van der Waals surface area contributed by atoms with E-state index in [1.165, 1.54) is 21.3 Å². The molecule has 0 aliphatic carbocycles. The summed E-state index contributed by atoms with van der Waals surface area (Å²) >= 11 is 0. The number of hydrogen-bond donors (Lipinski definition) is 1. The fraction of sp³-hybridized carbons (Fsp3) is 0.389. The van der Waals surface area contributed by atoms with E-state index in [2.05, 4.69) is 5.10 Å². The molecular weight excluding hydrogens is 384 g/mol. The predicted octanol–water partition coefficient (Wildman–Crippen LogP) is 0.813. The van der Waals surface area contributed by atoms with Gasteiger partial charge in [0.2, 0.25) is 15.9 Å². The van der Waals surface area contributed by atoms with Gasteiger partial charge in [-0.3, -0.25) is 9.48 Å². The van der Waals surface area contributed by atoms with Crippen molar-refractivity contribution >= 4 is 21.9 Å². The van der Waals surface area contributed by atoms with Gasteiger partial charge in [0.1, 0.15) is 0 Å². The number of carbonyl (C=O) groups is 2. The average molecular weight is 406 g/mol. The van der Waals surface area contributed by atoms with E-state index in [0.717, 1.165) is 5.56 Å². The lowest BCUT2D eigenvalue weighted by molar-refractivity contribution is -0.132. The highest BCUT2D eigenvalue weighted by Gasteiger charge is 2.29. The molecule has 0 bridgehead atoms. The first-order chi connectivity index (χ1) is 13.3. The summed E-state index contributed by atoms with van der Waals surface area (Å²) in [5.74, 6) is -1.23. The largest absolute Gasteiger partial charge is 0.476 e. The molecule has 0 unspecified atom stereocenters. The summed E-state index contributed by atoms with van der Waals surface area (Å²) in [4.78, 5) is 25.1. The van der Waals surface area contributed by atoms with Crippen molar-refractivity contribution in [3.63, 3.8) is 0 Å². The van der Waals surface area contributed by atoms with E-state index >= 15 is 0 Å². The van der Waals surface area contributed by atoms with Gasteiger partial charge in [-0.1, -0.05) is 17.7 Å². The van der Waals surface area contributed by atoms with Gasteiger partial charge in [-0.05, 0) is 25.1 Å². The number of sulfonamides is 1. The smallest absolute Gasteiger partial charge is 0.356 e. The van der Waals surface area contributed by atoms with Crippen LogP contribution in [0.4, 0.5) is 0 Å². The summed E-state index contributed by atoms with van der Waals surface area (Å²) in [6.07, 6.45) is 1.69. The second-order valence-corrected chi connectivity index (χ2v) is 8.56. The van der Waals surface area contributed by atoms with Crippen LogP contribution in [0.2, 0.25) is 0 Å². The van der Waals surface area contributed by atoms with Crippen LogP contribution in [-0.4, -0.2) is 70.6 Å². The number of aromatic nitrogens is 2. The molecule has 0 radical (unpaired) electrons. The van der Waals surface area contributed by atoms with Crippen molar-refractivity contribution in [2.45, 2.75) is 24.8 Å². The monoisotopic (exact) mass is 406 g/mol. The third kappa shape index (κ3) is 4.39. The molecule has 1 saturated heterocycles. The lowest BCUT2D eigenvalue weighted by atomic mass is 10.2. The molecular formula is C18H22N4O5S. The van der Waals surface area contributed by atoms with Crippen LogP contribution in [0.1, 0.15) is 22.5 Å². The average Bonchev–Trinajstić information content (AvgIpc) is 3.16.